The van der Waals surface area contributed by atoms with Crippen molar-refractivity contribution in [3.05, 3.63) is 57.2 Å². The zero-order chi connectivity index (χ0) is 18.0. The topological polar surface area (TPSA) is 70.5 Å². The van der Waals surface area contributed by atoms with E-state index >= 15 is 0 Å². The Morgan fingerprint density at radius 2 is 1.92 bits per heavy atom. The molecule has 1 aliphatic heterocycles. The first-order valence-electron chi connectivity index (χ1n) is 7.97. The number of carbonyl (C=O) groups is 1. The van der Waals surface area contributed by atoms with Crippen molar-refractivity contribution in [3.8, 4) is 0 Å². The Morgan fingerprint density at radius 1 is 1.20 bits per heavy atom. The van der Waals surface area contributed by atoms with Crippen molar-refractivity contribution in [2.75, 3.05) is 32.5 Å². The molecule has 0 bridgehead atoms. The number of anilines is 1. The van der Waals surface area contributed by atoms with Gasteiger partial charge in [0.05, 0.1) is 6.67 Å². The van der Waals surface area contributed by atoms with Crippen LogP contribution in [0.5, 0.6) is 0 Å². The van der Waals surface area contributed by atoms with Crippen LogP contribution in [-0.4, -0.2) is 52.4 Å². The van der Waals surface area contributed by atoms with Crippen molar-refractivity contribution in [2.45, 2.75) is 12.7 Å². The first kappa shape index (κ1) is 17.6. The van der Waals surface area contributed by atoms with Gasteiger partial charge in [-0.05, 0) is 40.7 Å². The first-order valence-corrected chi connectivity index (χ1v) is 8.76. The fraction of sp³-hybridized carbons (Fsp3) is 0.353. The van der Waals surface area contributed by atoms with Crippen LogP contribution in [0.15, 0.2) is 46.1 Å². The number of piperazine rings is 1. The van der Waals surface area contributed by atoms with E-state index in [0.717, 1.165) is 24.3 Å². The highest BCUT2D eigenvalue weighted by molar-refractivity contribution is 9.10. The molecule has 8 heteroatoms. The molecule has 0 aliphatic carbocycles. The van der Waals surface area contributed by atoms with E-state index in [-0.39, 0.29) is 22.1 Å². The van der Waals surface area contributed by atoms with Gasteiger partial charge >= 0.3 is 0 Å². The van der Waals surface area contributed by atoms with Crippen molar-refractivity contribution in [1.29, 1.82) is 0 Å². The summed E-state index contributed by atoms with van der Waals surface area (Å²) in [5, 5.41) is 3.20. The monoisotopic (exact) mass is 405 g/mol. The highest BCUT2D eigenvalue weighted by Gasteiger charge is 2.31. The highest BCUT2D eigenvalue weighted by atomic mass is 79.9. The number of hydrogen-bond acceptors (Lipinski definition) is 5. The van der Waals surface area contributed by atoms with Gasteiger partial charge in [0.25, 0.3) is 5.56 Å². The van der Waals surface area contributed by atoms with Crippen molar-refractivity contribution in [1.82, 2.24) is 19.4 Å². The molecular formula is C17H20BrN5O2. The van der Waals surface area contributed by atoms with Gasteiger partial charge in [-0.2, -0.15) is 0 Å². The third kappa shape index (κ3) is 3.74. The van der Waals surface area contributed by atoms with Crippen LogP contribution in [0.25, 0.3) is 0 Å². The average Bonchev–Trinajstić information content (AvgIpc) is 2.61. The normalized spacial score (nSPS) is 18.4. The molecule has 7 nitrogen and oxygen atoms in total. The van der Waals surface area contributed by atoms with Crippen LogP contribution in [0.2, 0.25) is 0 Å². The van der Waals surface area contributed by atoms with E-state index in [1.165, 1.54) is 4.57 Å². The molecular weight excluding hydrogens is 386 g/mol. The van der Waals surface area contributed by atoms with Gasteiger partial charge in [0.2, 0.25) is 5.91 Å². The van der Waals surface area contributed by atoms with Crippen molar-refractivity contribution in [2.24, 2.45) is 0 Å². The van der Waals surface area contributed by atoms with Gasteiger partial charge in [-0.1, -0.05) is 12.1 Å². The van der Waals surface area contributed by atoms with E-state index in [9.17, 15) is 9.59 Å². The molecule has 1 saturated heterocycles. The van der Waals surface area contributed by atoms with Crippen LogP contribution in [0, 0.1) is 0 Å². The summed E-state index contributed by atoms with van der Waals surface area (Å²) < 4.78 is 1.81. The van der Waals surface area contributed by atoms with E-state index < -0.39 is 0 Å². The standard InChI is InChI=1S/C17H20BrN5O2/c1-21-9-10-22(2)16(24)14(21)12-3-5-13(6-4-12)20-11-23-8-7-19-15(18)17(23)25/h3-8,14,20H,9-11H2,1-2H3/t14-/m1/s1. The zero-order valence-electron chi connectivity index (χ0n) is 14.1. The fourth-order valence-corrected chi connectivity index (χ4v) is 3.19. The predicted molar refractivity (Wildman–Crippen MR) is 99.3 cm³/mol. The molecule has 3 rings (SSSR count). The number of halogens is 1. The lowest BCUT2D eigenvalue weighted by molar-refractivity contribution is -0.139. The highest BCUT2D eigenvalue weighted by Crippen LogP contribution is 2.25. The van der Waals surface area contributed by atoms with Gasteiger partial charge in [0.15, 0.2) is 4.60 Å². The van der Waals surface area contributed by atoms with E-state index in [4.69, 9.17) is 0 Å². The molecule has 1 aliphatic rings. The van der Waals surface area contributed by atoms with E-state index in [2.05, 4.69) is 31.1 Å². The summed E-state index contributed by atoms with van der Waals surface area (Å²) in [5.41, 5.74) is 1.65. The summed E-state index contributed by atoms with van der Waals surface area (Å²) in [6.45, 7) is 1.94. The van der Waals surface area contributed by atoms with E-state index in [0.29, 0.717) is 6.67 Å². The molecule has 1 atom stereocenters. The maximum Gasteiger partial charge on any atom is 0.285 e. The molecule has 1 N–H and O–H groups in total. The summed E-state index contributed by atoms with van der Waals surface area (Å²) in [4.78, 5) is 32.1. The third-order valence-electron chi connectivity index (χ3n) is 4.39. The molecule has 0 unspecified atom stereocenters. The number of nitrogens with one attached hydrogen (secondary N) is 1. The first-order chi connectivity index (χ1) is 12.0. The van der Waals surface area contributed by atoms with Crippen LogP contribution < -0.4 is 10.9 Å². The second-order valence-corrected chi connectivity index (χ2v) is 6.84. The molecule has 1 fully saturated rings. The van der Waals surface area contributed by atoms with Crippen LogP contribution in [0.3, 0.4) is 0 Å². The van der Waals surface area contributed by atoms with Gasteiger partial charge < -0.3 is 10.2 Å². The average molecular weight is 406 g/mol. The SMILES string of the molecule is CN1CCN(C)[C@H](c2ccc(NCn3ccnc(Br)c3=O)cc2)C1=O. The zero-order valence-corrected chi connectivity index (χ0v) is 15.7. The summed E-state index contributed by atoms with van der Waals surface area (Å²) >= 11 is 3.13. The molecule has 1 aromatic carbocycles. The lowest BCUT2D eigenvalue weighted by Gasteiger charge is -2.37. The molecule has 1 amide bonds. The van der Waals surface area contributed by atoms with Crippen molar-refractivity contribution < 1.29 is 4.79 Å². The molecule has 0 spiro atoms. The number of benzene rings is 1. The van der Waals surface area contributed by atoms with Crippen molar-refractivity contribution in [3.63, 3.8) is 0 Å². The van der Waals surface area contributed by atoms with Gasteiger partial charge in [0, 0.05) is 38.2 Å². The fourth-order valence-electron chi connectivity index (χ4n) is 2.85. The van der Waals surface area contributed by atoms with E-state index in [1.54, 1.807) is 17.3 Å². The van der Waals surface area contributed by atoms with Gasteiger partial charge in [-0.25, -0.2) is 4.98 Å². The summed E-state index contributed by atoms with van der Waals surface area (Å²) in [5.74, 6) is 0.114. The summed E-state index contributed by atoms with van der Waals surface area (Å²) in [6.07, 6.45) is 3.19. The maximum absolute atomic E-state index is 12.4. The van der Waals surface area contributed by atoms with E-state index in [1.807, 2.05) is 38.4 Å². The smallest absolute Gasteiger partial charge is 0.285 e. The maximum atomic E-state index is 12.4. The molecule has 2 aromatic rings. The third-order valence-corrected chi connectivity index (χ3v) is 4.93. The van der Waals surface area contributed by atoms with Crippen LogP contribution in [0.1, 0.15) is 11.6 Å². The minimum atomic E-state index is -0.244. The number of nitrogens with zero attached hydrogens (tertiary/aromatic N) is 4. The van der Waals surface area contributed by atoms with Gasteiger partial charge in [-0.15, -0.1) is 0 Å². The Labute approximate surface area is 154 Å². The minimum absolute atomic E-state index is 0.114. The largest absolute Gasteiger partial charge is 0.367 e. The van der Waals surface area contributed by atoms with Gasteiger partial charge in [0.1, 0.15) is 6.04 Å². The molecule has 0 radical (unpaired) electrons. The number of aromatic nitrogens is 2. The van der Waals surface area contributed by atoms with Crippen molar-refractivity contribution >= 4 is 27.5 Å². The number of rotatable bonds is 4. The van der Waals surface area contributed by atoms with Crippen LogP contribution in [-0.2, 0) is 11.5 Å². The molecule has 132 valence electrons. The lowest BCUT2D eigenvalue weighted by Crippen LogP contribution is -2.48. The van der Waals surface area contributed by atoms with Crippen LogP contribution >= 0.6 is 15.9 Å². The molecule has 2 heterocycles. The number of carbonyl (C=O) groups excluding carboxylic acids is 1. The number of likely N-dealkylation sites (N-methyl/N-ethyl adjacent to an activating group) is 2. The summed E-state index contributed by atoms with van der Waals surface area (Å²) in [7, 11) is 3.80. The molecule has 1 aromatic heterocycles. The number of amides is 1. The Hall–Kier alpha value is -2.19. The number of hydrogen-bond donors (Lipinski definition) is 1. The Kier molecular flexibility index (Phi) is 5.19. The minimum Gasteiger partial charge on any atom is -0.367 e. The second kappa shape index (κ2) is 7.37. The van der Waals surface area contributed by atoms with Crippen LogP contribution in [0.4, 0.5) is 5.69 Å². The Balaban J connectivity index is 1.71. The Morgan fingerprint density at radius 3 is 2.64 bits per heavy atom. The van der Waals surface area contributed by atoms with Gasteiger partial charge in [-0.3, -0.25) is 19.1 Å². The second-order valence-electron chi connectivity index (χ2n) is 6.09. The molecule has 25 heavy (non-hydrogen) atoms. The summed E-state index contributed by atoms with van der Waals surface area (Å²) in [6, 6.07) is 7.50. The molecule has 0 saturated carbocycles. The predicted octanol–water partition coefficient (Wildman–Crippen LogP) is 1.52. The lowest BCUT2D eigenvalue weighted by atomic mass is 10.0. The Bertz CT molecular complexity index is 821. The quantitative estimate of drug-likeness (QED) is 0.834.